The van der Waals surface area contributed by atoms with E-state index in [1.165, 1.54) is 31.4 Å². The molecule has 3 heteroatoms. The summed E-state index contributed by atoms with van der Waals surface area (Å²) in [4.78, 5) is 0. The van der Waals surface area contributed by atoms with Gasteiger partial charge in [-0.15, -0.1) is 0 Å². The van der Waals surface area contributed by atoms with Crippen molar-refractivity contribution in [1.82, 2.24) is 0 Å². The molecule has 0 aliphatic heterocycles. The van der Waals surface area contributed by atoms with E-state index in [0.29, 0.717) is 10.4 Å². The molecule has 0 radical (unpaired) electrons. The van der Waals surface area contributed by atoms with E-state index < -0.39 is 0 Å². The van der Waals surface area contributed by atoms with E-state index in [0.717, 1.165) is 18.4 Å². The molecular formula is C13H15ClFN. The summed E-state index contributed by atoms with van der Waals surface area (Å²) in [5.74, 6) is -0.296. The molecule has 0 atom stereocenters. The van der Waals surface area contributed by atoms with Gasteiger partial charge in [0, 0.05) is 10.6 Å². The van der Waals surface area contributed by atoms with Crippen LogP contribution in [0.4, 0.5) is 4.39 Å². The molecule has 0 bridgehead atoms. The predicted octanol–water partition coefficient (Wildman–Crippen LogP) is 3.60. The minimum Gasteiger partial charge on any atom is -0.321 e. The normalized spacial score (nSPS) is 24.9. The molecule has 1 aromatic carbocycles. The summed E-state index contributed by atoms with van der Waals surface area (Å²) < 4.78 is 13.0. The van der Waals surface area contributed by atoms with Crippen LogP contribution in [0.3, 0.4) is 0 Å². The first-order valence-corrected chi connectivity index (χ1v) is 6.15. The minimum absolute atomic E-state index is 0.296. The molecule has 2 aliphatic rings. The van der Waals surface area contributed by atoms with Gasteiger partial charge in [0.1, 0.15) is 5.82 Å². The van der Waals surface area contributed by atoms with Crippen molar-refractivity contribution in [3.8, 4) is 0 Å². The van der Waals surface area contributed by atoms with Crippen LogP contribution in [-0.2, 0) is 5.54 Å². The van der Waals surface area contributed by atoms with Crippen LogP contribution in [-0.4, -0.2) is 0 Å². The number of benzene rings is 1. The minimum atomic E-state index is -0.314. The summed E-state index contributed by atoms with van der Waals surface area (Å²) in [6.45, 7) is 0. The quantitative estimate of drug-likeness (QED) is 0.796. The molecule has 2 saturated carbocycles. The predicted molar refractivity (Wildman–Crippen MR) is 62.8 cm³/mol. The molecule has 2 N–H and O–H groups in total. The van der Waals surface area contributed by atoms with E-state index in [-0.39, 0.29) is 11.4 Å². The Kier molecular flexibility index (Phi) is 2.11. The fourth-order valence-corrected chi connectivity index (χ4v) is 3.76. The fourth-order valence-electron chi connectivity index (χ4n) is 3.40. The van der Waals surface area contributed by atoms with E-state index in [1.54, 1.807) is 6.07 Å². The van der Waals surface area contributed by atoms with Crippen LogP contribution in [0.1, 0.15) is 37.7 Å². The number of hydrogen-bond acceptors (Lipinski definition) is 1. The highest BCUT2D eigenvalue weighted by atomic mass is 35.5. The van der Waals surface area contributed by atoms with Gasteiger partial charge in [0.25, 0.3) is 0 Å². The average Bonchev–Trinajstić information content (AvgIpc) is 2.10. The van der Waals surface area contributed by atoms with Crippen molar-refractivity contribution in [1.29, 1.82) is 0 Å². The van der Waals surface area contributed by atoms with Gasteiger partial charge in [-0.05, 0) is 48.8 Å². The monoisotopic (exact) mass is 239 g/mol. The summed E-state index contributed by atoms with van der Waals surface area (Å²) in [7, 11) is 0. The van der Waals surface area contributed by atoms with Crippen LogP contribution in [0.2, 0.25) is 5.02 Å². The molecule has 1 spiro atoms. The smallest absolute Gasteiger partial charge is 0.124 e. The second-order valence-corrected chi connectivity index (χ2v) is 5.89. The lowest BCUT2D eigenvalue weighted by Gasteiger charge is -2.60. The average molecular weight is 240 g/mol. The van der Waals surface area contributed by atoms with Crippen LogP contribution >= 0.6 is 11.6 Å². The first-order chi connectivity index (χ1) is 7.53. The molecule has 0 unspecified atom stereocenters. The maximum atomic E-state index is 13.0. The van der Waals surface area contributed by atoms with Gasteiger partial charge in [-0.3, -0.25) is 0 Å². The van der Waals surface area contributed by atoms with Gasteiger partial charge in [-0.25, -0.2) is 4.39 Å². The molecule has 0 saturated heterocycles. The van der Waals surface area contributed by atoms with Gasteiger partial charge < -0.3 is 5.73 Å². The molecule has 3 rings (SSSR count). The lowest BCUT2D eigenvalue weighted by Crippen LogP contribution is -2.58. The van der Waals surface area contributed by atoms with E-state index in [4.69, 9.17) is 17.3 Å². The third-order valence-corrected chi connectivity index (χ3v) is 4.58. The van der Waals surface area contributed by atoms with Crippen LogP contribution < -0.4 is 5.73 Å². The van der Waals surface area contributed by atoms with Crippen molar-refractivity contribution in [2.45, 2.75) is 37.6 Å². The molecular weight excluding hydrogens is 225 g/mol. The number of halogens is 2. The molecule has 0 aromatic heterocycles. The maximum absolute atomic E-state index is 13.0. The Morgan fingerprint density at radius 1 is 1.25 bits per heavy atom. The molecule has 86 valence electrons. The highest BCUT2D eigenvalue weighted by molar-refractivity contribution is 6.31. The molecule has 1 nitrogen and oxygen atoms in total. The summed E-state index contributed by atoms with van der Waals surface area (Å²) >= 11 is 6.06. The highest BCUT2D eigenvalue weighted by Crippen LogP contribution is 2.63. The summed E-state index contributed by atoms with van der Waals surface area (Å²) in [6.07, 6.45) is 5.93. The van der Waals surface area contributed by atoms with Gasteiger partial charge in [0.15, 0.2) is 0 Å². The second kappa shape index (κ2) is 3.21. The summed E-state index contributed by atoms with van der Waals surface area (Å²) in [5.41, 5.74) is 7.44. The van der Waals surface area contributed by atoms with E-state index in [2.05, 4.69) is 0 Å². The van der Waals surface area contributed by atoms with Crippen molar-refractivity contribution in [2.24, 2.45) is 11.1 Å². The summed E-state index contributed by atoms with van der Waals surface area (Å²) in [5, 5.41) is 0.469. The lowest BCUT2D eigenvalue weighted by atomic mass is 9.47. The van der Waals surface area contributed by atoms with Crippen LogP contribution in [0.5, 0.6) is 0 Å². The van der Waals surface area contributed by atoms with Crippen molar-refractivity contribution < 1.29 is 4.39 Å². The summed E-state index contributed by atoms with van der Waals surface area (Å²) in [6, 6.07) is 4.54. The van der Waals surface area contributed by atoms with Gasteiger partial charge in [-0.2, -0.15) is 0 Å². The van der Waals surface area contributed by atoms with Crippen molar-refractivity contribution in [3.63, 3.8) is 0 Å². The standard InChI is InChI=1S/C13H15ClFN/c14-11-6-9(15)2-3-10(11)13(16)7-12(8-13)4-1-5-12/h2-3,6H,1,4-5,7-8,16H2. The Morgan fingerprint density at radius 2 is 1.94 bits per heavy atom. The van der Waals surface area contributed by atoms with Crippen molar-refractivity contribution in [2.75, 3.05) is 0 Å². The molecule has 1 aromatic rings. The van der Waals surface area contributed by atoms with Gasteiger partial charge >= 0.3 is 0 Å². The molecule has 16 heavy (non-hydrogen) atoms. The zero-order valence-corrected chi connectivity index (χ0v) is 9.86. The topological polar surface area (TPSA) is 26.0 Å². The fraction of sp³-hybridized carbons (Fsp3) is 0.538. The van der Waals surface area contributed by atoms with Crippen LogP contribution in [0.15, 0.2) is 18.2 Å². The number of nitrogens with two attached hydrogens (primary N) is 1. The lowest BCUT2D eigenvalue weighted by molar-refractivity contribution is -0.0461. The largest absolute Gasteiger partial charge is 0.321 e. The third kappa shape index (κ3) is 1.40. The van der Waals surface area contributed by atoms with Crippen LogP contribution in [0.25, 0.3) is 0 Å². The van der Waals surface area contributed by atoms with E-state index in [9.17, 15) is 4.39 Å². The zero-order valence-electron chi connectivity index (χ0n) is 9.10. The van der Waals surface area contributed by atoms with Gasteiger partial charge in [0.2, 0.25) is 0 Å². The molecule has 2 fully saturated rings. The van der Waals surface area contributed by atoms with Crippen molar-refractivity contribution >= 4 is 11.6 Å². The first-order valence-electron chi connectivity index (χ1n) is 5.78. The first kappa shape index (κ1) is 10.5. The Labute approximate surface area is 99.8 Å². The Morgan fingerprint density at radius 3 is 2.44 bits per heavy atom. The Balaban J connectivity index is 1.87. The number of rotatable bonds is 1. The third-order valence-electron chi connectivity index (χ3n) is 4.26. The SMILES string of the molecule is NC1(c2ccc(F)cc2Cl)CC2(CCC2)C1. The van der Waals surface area contributed by atoms with E-state index in [1.807, 2.05) is 0 Å². The molecule has 0 heterocycles. The number of hydrogen-bond donors (Lipinski definition) is 1. The highest BCUT2D eigenvalue weighted by Gasteiger charge is 2.56. The Hall–Kier alpha value is -0.600. The molecule has 2 aliphatic carbocycles. The maximum Gasteiger partial charge on any atom is 0.124 e. The van der Waals surface area contributed by atoms with Gasteiger partial charge in [0.05, 0.1) is 0 Å². The zero-order chi connectivity index (χ0) is 11.4. The van der Waals surface area contributed by atoms with Gasteiger partial charge in [-0.1, -0.05) is 24.1 Å². The molecule has 0 amide bonds. The van der Waals surface area contributed by atoms with E-state index >= 15 is 0 Å². The Bertz CT molecular complexity index is 432. The van der Waals surface area contributed by atoms with Crippen LogP contribution in [0, 0.1) is 11.2 Å². The second-order valence-electron chi connectivity index (χ2n) is 5.49. The van der Waals surface area contributed by atoms with Crippen molar-refractivity contribution in [3.05, 3.63) is 34.6 Å².